The molecule has 3 aromatic rings. The molecule has 3 heterocycles. The lowest BCUT2D eigenvalue weighted by Gasteiger charge is -2.34. The van der Waals surface area contributed by atoms with Crippen LogP contribution in [0.4, 0.5) is 11.4 Å². The summed E-state index contributed by atoms with van der Waals surface area (Å²) >= 11 is 1.51. The summed E-state index contributed by atoms with van der Waals surface area (Å²) in [5.41, 5.74) is 5.23. The SMILES string of the molecule is CCC1(c2ccc(N=CC3C(=O)Nc4ccc5ncsc5c43)cc2)CCC(=O)NC1=O. The van der Waals surface area contributed by atoms with Crippen molar-refractivity contribution < 1.29 is 14.4 Å². The molecule has 31 heavy (non-hydrogen) atoms. The number of hydrogen-bond donors (Lipinski definition) is 2. The average molecular weight is 433 g/mol. The molecule has 0 radical (unpaired) electrons. The summed E-state index contributed by atoms with van der Waals surface area (Å²) < 4.78 is 0.991. The van der Waals surface area contributed by atoms with Crippen molar-refractivity contribution in [3.05, 3.63) is 53.0 Å². The van der Waals surface area contributed by atoms with Gasteiger partial charge in [-0.2, -0.15) is 0 Å². The van der Waals surface area contributed by atoms with Crippen molar-refractivity contribution in [2.24, 2.45) is 4.99 Å². The molecule has 0 aliphatic carbocycles. The number of imide groups is 1. The zero-order valence-electron chi connectivity index (χ0n) is 16.8. The fraction of sp³-hybridized carbons (Fsp3) is 0.261. The third-order valence-corrected chi connectivity index (χ3v) is 7.13. The van der Waals surface area contributed by atoms with Gasteiger partial charge >= 0.3 is 0 Å². The highest BCUT2D eigenvalue weighted by Crippen LogP contribution is 2.40. The topological polar surface area (TPSA) is 101 Å². The predicted octanol–water partition coefficient (Wildman–Crippen LogP) is 3.82. The molecule has 8 heteroatoms. The number of anilines is 1. The van der Waals surface area contributed by atoms with Crippen molar-refractivity contribution in [2.45, 2.75) is 37.5 Å². The lowest BCUT2D eigenvalue weighted by molar-refractivity contribution is -0.138. The van der Waals surface area contributed by atoms with E-state index in [9.17, 15) is 14.4 Å². The Balaban J connectivity index is 1.42. The Morgan fingerprint density at radius 3 is 2.71 bits per heavy atom. The molecular weight excluding hydrogens is 412 g/mol. The zero-order valence-corrected chi connectivity index (χ0v) is 17.7. The quantitative estimate of drug-likeness (QED) is 0.483. The Hall–Kier alpha value is -3.39. The first kappa shape index (κ1) is 19.6. The molecule has 0 bridgehead atoms. The van der Waals surface area contributed by atoms with Crippen LogP contribution in [-0.2, 0) is 19.8 Å². The Labute approximate surface area is 182 Å². The van der Waals surface area contributed by atoms with Gasteiger partial charge < -0.3 is 5.32 Å². The van der Waals surface area contributed by atoms with Gasteiger partial charge in [0.1, 0.15) is 5.92 Å². The van der Waals surface area contributed by atoms with Crippen molar-refractivity contribution in [2.75, 3.05) is 5.32 Å². The number of nitrogens with one attached hydrogen (secondary N) is 2. The summed E-state index contributed by atoms with van der Waals surface area (Å²) in [7, 11) is 0. The Bertz CT molecular complexity index is 1250. The second kappa shape index (κ2) is 7.39. The van der Waals surface area contributed by atoms with E-state index >= 15 is 0 Å². The lowest BCUT2D eigenvalue weighted by Crippen LogP contribution is -2.51. The number of carbonyl (C=O) groups is 3. The number of amides is 3. The highest BCUT2D eigenvalue weighted by atomic mass is 32.1. The zero-order chi connectivity index (χ0) is 21.6. The molecule has 2 aliphatic rings. The fourth-order valence-electron chi connectivity index (χ4n) is 4.44. The Morgan fingerprint density at radius 1 is 1.16 bits per heavy atom. The van der Waals surface area contributed by atoms with Gasteiger partial charge in [0.05, 0.1) is 26.8 Å². The summed E-state index contributed by atoms with van der Waals surface area (Å²) in [5, 5.41) is 5.38. The Kier molecular flexibility index (Phi) is 4.66. The largest absolute Gasteiger partial charge is 0.325 e. The van der Waals surface area contributed by atoms with E-state index in [1.165, 1.54) is 11.3 Å². The van der Waals surface area contributed by atoms with Crippen molar-refractivity contribution >= 4 is 56.9 Å². The molecule has 7 nitrogen and oxygen atoms in total. The molecule has 1 fully saturated rings. The number of aromatic nitrogens is 1. The van der Waals surface area contributed by atoms with Gasteiger partial charge in [0.25, 0.3) is 0 Å². The summed E-state index contributed by atoms with van der Waals surface area (Å²) in [6.07, 6.45) is 3.11. The molecule has 2 aromatic carbocycles. The number of aliphatic imine (C=N–C) groups is 1. The van der Waals surface area contributed by atoms with Crippen molar-refractivity contribution in [1.29, 1.82) is 0 Å². The van der Waals surface area contributed by atoms with Crippen LogP contribution in [0.25, 0.3) is 10.2 Å². The number of nitrogens with zero attached hydrogens (tertiary/aromatic N) is 2. The first-order valence-electron chi connectivity index (χ1n) is 10.2. The molecule has 156 valence electrons. The molecule has 5 rings (SSSR count). The minimum atomic E-state index is -0.696. The van der Waals surface area contributed by atoms with Crippen LogP contribution in [0.2, 0.25) is 0 Å². The van der Waals surface area contributed by atoms with E-state index in [1.807, 2.05) is 43.3 Å². The summed E-state index contributed by atoms with van der Waals surface area (Å²) in [6.45, 7) is 1.96. The van der Waals surface area contributed by atoms with E-state index in [0.717, 1.165) is 27.0 Å². The van der Waals surface area contributed by atoms with Gasteiger partial charge in [0, 0.05) is 23.9 Å². The number of carbonyl (C=O) groups excluding carboxylic acids is 3. The standard InChI is InChI=1S/C23H20N4O3S/c1-2-23(10-9-18(28)27-22(23)30)13-3-5-14(6-4-13)24-11-15-19-16(26-21(15)29)7-8-17-20(19)31-12-25-17/h3-8,11-12,15H,2,9-10H2,1H3,(H,26,29)(H,27,28,30). The van der Waals surface area contributed by atoms with E-state index in [2.05, 4.69) is 20.6 Å². The van der Waals surface area contributed by atoms with Crippen LogP contribution < -0.4 is 10.6 Å². The third kappa shape index (κ3) is 3.14. The van der Waals surface area contributed by atoms with Crippen LogP contribution in [0, 0.1) is 0 Å². The first-order valence-corrected chi connectivity index (χ1v) is 11.1. The van der Waals surface area contributed by atoms with Gasteiger partial charge in [-0.05, 0) is 42.7 Å². The normalized spacial score (nSPS) is 23.3. The second-order valence-electron chi connectivity index (χ2n) is 7.83. The molecule has 2 N–H and O–H groups in total. The van der Waals surface area contributed by atoms with E-state index in [4.69, 9.17) is 0 Å². The minimum Gasteiger partial charge on any atom is -0.325 e. The van der Waals surface area contributed by atoms with Crippen LogP contribution in [0.3, 0.4) is 0 Å². The van der Waals surface area contributed by atoms with Crippen LogP contribution in [0.1, 0.15) is 43.2 Å². The molecule has 1 aromatic heterocycles. The summed E-state index contributed by atoms with van der Waals surface area (Å²) in [5.74, 6) is -1.04. The average Bonchev–Trinajstić information content (AvgIpc) is 3.37. The lowest BCUT2D eigenvalue weighted by atomic mass is 9.72. The number of rotatable bonds is 4. The molecular formula is C23H20N4O3S. The molecule has 3 amide bonds. The van der Waals surface area contributed by atoms with Gasteiger partial charge in [-0.25, -0.2) is 4.98 Å². The highest BCUT2D eigenvalue weighted by Gasteiger charge is 2.42. The number of fused-ring (bicyclic) bond motifs is 3. The van der Waals surface area contributed by atoms with E-state index in [0.29, 0.717) is 24.9 Å². The van der Waals surface area contributed by atoms with Crippen LogP contribution in [-0.4, -0.2) is 28.9 Å². The predicted molar refractivity (Wildman–Crippen MR) is 120 cm³/mol. The fourth-order valence-corrected chi connectivity index (χ4v) is 5.32. The number of benzene rings is 2. The van der Waals surface area contributed by atoms with Crippen molar-refractivity contribution in [3.8, 4) is 0 Å². The number of hydrogen-bond acceptors (Lipinski definition) is 6. The van der Waals surface area contributed by atoms with Gasteiger partial charge in [-0.15, -0.1) is 11.3 Å². The maximum Gasteiger partial charge on any atom is 0.237 e. The molecule has 0 spiro atoms. The minimum absolute atomic E-state index is 0.107. The van der Waals surface area contributed by atoms with Crippen molar-refractivity contribution in [3.63, 3.8) is 0 Å². The molecule has 2 atom stereocenters. The molecule has 2 unspecified atom stereocenters. The van der Waals surface area contributed by atoms with E-state index < -0.39 is 11.3 Å². The van der Waals surface area contributed by atoms with Crippen LogP contribution >= 0.6 is 11.3 Å². The maximum absolute atomic E-state index is 12.6. The maximum atomic E-state index is 12.6. The van der Waals surface area contributed by atoms with Gasteiger partial charge in [0.2, 0.25) is 17.7 Å². The number of piperidine rings is 1. The van der Waals surface area contributed by atoms with E-state index in [-0.39, 0.29) is 17.7 Å². The van der Waals surface area contributed by atoms with Gasteiger partial charge in [0.15, 0.2) is 0 Å². The van der Waals surface area contributed by atoms with Crippen molar-refractivity contribution in [1.82, 2.24) is 10.3 Å². The molecule has 0 saturated carbocycles. The third-order valence-electron chi connectivity index (χ3n) is 6.25. The highest BCUT2D eigenvalue weighted by molar-refractivity contribution is 7.17. The van der Waals surface area contributed by atoms with E-state index in [1.54, 1.807) is 11.7 Å². The second-order valence-corrected chi connectivity index (χ2v) is 8.69. The van der Waals surface area contributed by atoms with Gasteiger partial charge in [-0.3, -0.25) is 24.7 Å². The summed E-state index contributed by atoms with van der Waals surface area (Å²) in [4.78, 5) is 45.5. The van der Waals surface area contributed by atoms with Gasteiger partial charge in [-0.1, -0.05) is 19.1 Å². The molecule has 2 aliphatic heterocycles. The number of thiazole rings is 1. The Morgan fingerprint density at radius 2 is 1.97 bits per heavy atom. The smallest absolute Gasteiger partial charge is 0.237 e. The monoisotopic (exact) mass is 432 g/mol. The van der Waals surface area contributed by atoms with Crippen LogP contribution in [0.15, 0.2) is 46.9 Å². The summed E-state index contributed by atoms with van der Waals surface area (Å²) in [6, 6.07) is 11.2. The molecule has 1 saturated heterocycles. The van der Waals surface area contributed by atoms with Crippen LogP contribution in [0.5, 0.6) is 0 Å². The first-order chi connectivity index (χ1) is 15.0.